The van der Waals surface area contributed by atoms with Gasteiger partial charge in [0.2, 0.25) is 5.28 Å². The molecule has 3 rings (SSSR count). The largest absolute Gasteiger partial charge is 0.266 e. The Morgan fingerprint density at radius 3 is 3.00 bits per heavy atom. The zero-order chi connectivity index (χ0) is 11.1. The fourth-order valence-electron chi connectivity index (χ4n) is 1.61. The van der Waals surface area contributed by atoms with E-state index < -0.39 is 0 Å². The number of rotatable bonds is 1. The van der Waals surface area contributed by atoms with Crippen molar-refractivity contribution in [2.75, 3.05) is 0 Å². The number of halogens is 1. The molecular formula is C9H7ClN6. The van der Waals surface area contributed by atoms with Crippen LogP contribution < -0.4 is 0 Å². The molecule has 0 aliphatic rings. The first kappa shape index (κ1) is 9.29. The van der Waals surface area contributed by atoms with Crippen LogP contribution in [0.5, 0.6) is 0 Å². The molecule has 0 fully saturated rings. The number of nitrogens with zero attached hydrogens (tertiary/aromatic N) is 5. The van der Waals surface area contributed by atoms with E-state index in [1.54, 1.807) is 17.1 Å². The van der Waals surface area contributed by atoms with Crippen LogP contribution in [0.1, 0.15) is 0 Å². The van der Waals surface area contributed by atoms with E-state index in [1.165, 1.54) is 0 Å². The predicted octanol–water partition coefficient (Wildman–Crippen LogP) is 1.41. The number of fused-ring (bicyclic) bond motifs is 1. The molecule has 0 spiro atoms. The van der Waals surface area contributed by atoms with E-state index >= 15 is 0 Å². The van der Waals surface area contributed by atoms with Gasteiger partial charge in [0.05, 0.1) is 17.3 Å². The molecule has 3 aromatic heterocycles. The van der Waals surface area contributed by atoms with Crippen LogP contribution >= 0.6 is 11.6 Å². The molecular weight excluding hydrogens is 228 g/mol. The summed E-state index contributed by atoms with van der Waals surface area (Å²) in [5.41, 5.74) is 2.22. The predicted molar refractivity (Wildman–Crippen MR) is 58.9 cm³/mol. The minimum Gasteiger partial charge on any atom is -0.266 e. The Morgan fingerprint density at radius 2 is 2.25 bits per heavy atom. The van der Waals surface area contributed by atoms with Crippen LogP contribution in [0.15, 0.2) is 18.5 Å². The highest BCUT2D eigenvalue weighted by Gasteiger charge is 2.12. The summed E-state index contributed by atoms with van der Waals surface area (Å²) in [5.74, 6) is 0. The summed E-state index contributed by atoms with van der Waals surface area (Å²) in [4.78, 5) is 8.25. The molecule has 0 aliphatic carbocycles. The van der Waals surface area contributed by atoms with Crippen molar-refractivity contribution in [3.63, 3.8) is 0 Å². The second kappa shape index (κ2) is 3.28. The van der Waals surface area contributed by atoms with Gasteiger partial charge in [0.25, 0.3) is 0 Å². The van der Waals surface area contributed by atoms with Gasteiger partial charge in [-0.2, -0.15) is 15.2 Å². The highest BCUT2D eigenvalue weighted by atomic mass is 35.5. The minimum absolute atomic E-state index is 0.188. The van der Waals surface area contributed by atoms with Crippen LogP contribution in [-0.4, -0.2) is 29.9 Å². The Labute approximate surface area is 95.3 Å². The second-order valence-electron chi connectivity index (χ2n) is 3.31. The van der Waals surface area contributed by atoms with Crippen molar-refractivity contribution in [2.24, 2.45) is 7.05 Å². The van der Waals surface area contributed by atoms with E-state index in [0.717, 1.165) is 16.8 Å². The van der Waals surface area contributed by atoms with Gasteiger partial charge in [0.1, 0.15) is 5.69 Å². The van der Waals surface area contributed by atoms with E-state index in [2.05, 4.69) is 25.3 Å². The molecule has 7 heteroatoms. The molecule has 0 bridgehead atoms. The van der Waals surface area contributed by atoms with Crippen molar-refractivity contribution in [3.8, 4) is 11.4 Å². The SMILES string of the molecule is Cn1nccc1-c1nc(Cl)nc2[nH]ncc12. The standard InChI is InChI=1S/C9H7ClN6/c1-16-6(2-3-12-16)7-5-4-11-15-8(5)14-9(10)13-7/h2-4H,1H3,(H,11,13,14,15). The first-order chi connectivity index (χ1) is 7.75. The van der Waals surface area contributed by atoms with Crippen molar-refractivity contribution >= 4 is 22.6 Å². The van der Waals surface area contributed by atoms with E-state index in [9.17, 15) is 0 Å². The quantitative estimate of drug-likeness (QED) is 0.646. The third kappa shape index (κ3) is 1.27. The maximum absolute atomic E-state index is 5.85. The van der Waals surface area contributed by atoms with E-state index in [1.807, 2.05) is 13.1 Å². The Balaban J connectivity index is 2.38. The molecule has 0 saturated heterocycles. The maximum atomic E-state index is 5.85. The van der Waals surface area contributed by atoms with Crippen LogP contribution in [0, 0.1) is 0 Å². The molecule has 0 aromatic carbocycles. The highest BCUT2D eigenvalue weighted by molar-refractivity contribution is 6.28. The third-order valence-corrected chi connectivity index (χ3v) is 2.52. The van der Waals surface area contributed by atoms with Crippen LogP contribution in [0.25, 0.3) is 22.4 Å². The van der Waals surface area contributed by atoms with Crippen molar-refractivity contribution in [2.45, 2.75) is 0 Å². The maximum Gasteiger partial charge on any atom is 0.225 e. The van der Waals surface area contributed by atoms with E-state index in [0.29, 0.717) is 5.65 Å². The Bertz CT molecular complexity index is 655. The number of aromatic amines is 1. The molecule has 0 atom stereocenters. The van der Waals surface area contributed by atoms with Gasteiger partial charge in [-0.25, -0.2) is 4.98 Å². The molecule has 3 aromatic rings. The number of hydrogen-bond donors (Lipinski definition) is 1. The fourth-order valence-corrected chi connectivity index (χ4v) is 1.78. The molecule has 1 N–H and O–H groups in total. The second-order valence-corrected chi connectivity index (χ2v) is 3.65. The molecule has 0 radical (unpaired) electrons. The number of H-pyrrole nitrogens is 1. The molecule has 16 heavy (non-hydrogen) atoms. The van der Waals surface area contributed by atoms with Crippen molar-refractivity contribution < 1.29 is 0 Å². The number of nitrogens with one attached hydrogen (secondary N) is 1. The lowest BCUT2D eigenvalue weighted by molar-refractivity contribution is 0.774. The first-order valence-corrected chi connectivity index (χ1v) is 4.98. The molecule has 0 saturated carbocycles. The molecule has 0 aliphatic heterocycles. The highest BCUT2D eigenvalue weighted by Crippen LogP contribution is 2.25. The number of aryl methyl sites for hydroxylation is 1. The van der Waals surface area contributed by atoms with Gasteiger partial charge in [-0.15, -0.1) is 0 Å². The summed E-state index contributed by atoms with van der Waals surface area (Å²) in [5, 5.41) is 11.8. The van der Waals surface area contributed by atoms with Crippen LogP contribution in [0.4, 0.5) is 0 Å². The number of aromatic nitrogens is 6. The smallest absolute Gasteiger partial charge is 0.225 e. The molecule has 3 heterocycles. The monoisotopic (exact) mass is 234 g/mol. The molecule has 0 amide bonds. The van der Waals surface area contributed by atoms with E-state index in [4.69, 9.17) is 11.6 Å². The average Bonchev–Trinajstić information content (AvgIpc) is 2.84. The van der Waals surface area contributed by atoms with Crippen molar-refractivity contribution in [1.82, 2.24) is 29.9 Å². The van der Waals surface area contributed by atoms with Crippen molar-refractivity contribution in [1.29, 1.82) is 0 Å². The normalized spacial score (nSPS) is 11.1. The van der Waals surface area contributed by atoms with Gasteiger partial charge in [-0.1, -0.05) is 0 Å². The summed E-state index contributed by atoms with van der Waals surface area (Å²) in [6.07, 6.45) is 3.38. The van der Waals surface area contributed by atoms with Gasteiger partial charge < -0.3 is 0 Å². The Hall–Kier alpha value is -1.95. The summed E-state index contributed by atoms with van der Waals surface area (Å²) in [6.45, 7) is 0. The minimum atomic E-state index is 0.188. The Kier molecular flexibility index (Phi) is 1.90. The van der Waals surface area contributed by atoms with Gasteiger partial charge in [0.15, 0.2) is 5.65 Å². The lowest BCUT2D eigenvalue weighted by atomic mass is 10.2. The van der Waals surface area contributed by atoms with Gasteiger partial charge in [0, 0.05) is 13.2 Å². The topological polar surface area (TPSA) is 72.3 Å². The summed E-state index contributed by atoms with van der Waals surface area (Å²) >= 11 is 5.85. The zero-order valence-electron chi connectivity index (χ0n) is 8.35. The van der Waals surface area contributed by atoms with Crippen molar-refractivity contribution in [3.05, 3.63) is 23.7 Å². The van der Waals surface area contributed by atoms with E-state index in [-0.39, 0.29) is 5.28 Å². The zero-order valence-corrected chi connectivity index (χ0v) is 9.10. The molecule has 6 nitrogen and oxygen atoms in total. The molecule has 0 unspecified atom stereocenters. The first-order valence-electron chi connectivity index (χ1n) is 4.60. The van der Waals surface area contributed by atoms with Crippen LogP contribution in [0.2, 0.25) is 5.28 Å². The lowest BCUT2D eigenvalue weighted by Crippen LogP contribution is -1.97. The summed E-state index contributed by atoms with van der Waals surface area (Å²) < 4.78 is 1.73. The fraction of sp³-hybridized carbons (Fsp3) is 0.111. The third-order valence-electron chi connectivity index (χ3n) is 2.35. The Morgan fingerprint density at radius 1 is 1.38 bits per heavy atom. The van der Waals surface area contributed by atoms with Gasteiger partial charge in [-0.05, 0) is 17.7 Å². The van der Waals surface area contributed by atoms with Gasteiger partial charge in [-0.3, -0.25) is 9.78 Å². The van der Waals surface area contributed by atoms with Crippen LogP contribution in [0.3, 0.4) is 0 Å². The molecule has 80 valence electrons. The summed E-state index contributed by atoms with van der Waals surface area (Å²) in [6, 6.07) is 1.87. The number of hydrogen-bond acceptors (Lipinski definition) is 4. The summed E-state index contributed by atoms with van der Waals surface area (Å²) in [7, 11) is 1.84. The average molecular weight is 235 g/mol. The van der Waals surface area contributed by atoms with Gasteiger partial charge >= 0.3 is 0 Å². The lowest BCUT2D eigenvalue weighted by Gasteiger charge is -2.02. The van der Waals surface area contributed by atoms with Crippen LogP contribution in [-0.2, 0) is 7.05 Å².